The van der Waals surface area contributed by atoms with Crippen LogP contribution in [-0.4, -0.2) is 46.2 Å². The Hall–Kier alpha value is -3.03. The van der Waals surface area contributed by atoms with Crippen LogP contribution in [0.1, 0.15) is 69.8 Å². The Labute approximate surface area is 198 Å². The molecule has 3 atom stereocenters. The molecule has 2 aromatic rings. The highest BCUT2D eigenvalue weighted by Crippen LogP contribution is 2.48. The molecule has 0 radical (unpaired) electrons. The average Bonchev–Trinajstić information content (AvgIpc) is 3.38. The molecule has 0 bridgehead atoms. The summed E-state index contributed by atoms with van der Waals surface area (Å²) in [5.74, 6) is -1.09. The van der Waals surface area contributed by atoms with Gasteiger partial charge < -0.3 is 10.1 Å². The molecule has 1 aliphatic heterocycles. The van der Waals surface area contributed by atoms with Crippen LogP contribution < -0.4 is 5.32 Å². The third-order valence-electron chi connectivity index (χ3n) is 6.42. The first-order valence-corrected chi connectivity index (χ1v) is 11.6. The average molecular weight is 472 g/mol. The van der Waals surface area contributed by atoms with Crippen LogP contribution in [0.3, 0.4) is 0 Å². The van der Waals surface area contributed by atoms with E-state index in [1.807, 2.05) is 25.1 Å². The fraction of sp³-hybridized carbons (Fsp3) is 0.500. The molecule has 1 saturated heterocycles. The van der Waals surface area contributed by atoms with Gasteiger partial charge in [0.2, 0.25) is 11.9 Å². The molecule has 1 saturated carbocycles. The summed E-state index contributed by atoms with van der Waals surface area (Å²) in [6.45, 7) is 6.91. The molecule has 6 nitrogen and oxygen atoms in total. The van der Waals surface area contributed by atoms with Crippen molar-refractivity contribution in [2.75, 3.05) is 6.54 Å². The van der Waals surface area contributed by atoms with Crippen molar-refractivity contribution in [2.45, 2.75) is 76.2 Å². The van der Waals surface area contributed by atoms with Gasteiger partial charge in [-0.1, -0.05) is 43.3 Å². The fourth-order valence-electron chi connectivity index (χ4n) is 4.28. The number of nitrogens with one attached hydrogen (secondary N) is 1. The molecule has 1 aromatic heterocycles. The topological polar surface area (TPSA) is 71.5 Å². The van der Waals surface area contributed by atoms with E-state index in [0.29, 0.717) is 16.8 Å². The second-order valence-corrected chi connectivity index (χ2v) is 10.5. The van der Waals surface area contributed by atoms with Crippen molar-refractivity contribution in [3.05, 3.63) is 65.2 Å². The first-order valence-electron chi connectivity index (χ1n) is 11.6. The number of halogens is 2. The van der Waals surface area contributed by atoms with Gasteiger partial charge in [-0.15, -0.1) is 0 Å². The van der Waals surface area contributed by atoms with Gasteiger partial charge in [0.1, 0.15) is 17.8 Å². The summed E-state index contributed by atoms with van der Waals surface area (Å²) >= 11 is 0. The van der Waals surface area contributed by atoms with Crippen LogP contribution in [-0.2, 0) is 14.9 Å². The zero-order valence-corrected chi connectivity index (χ0v) is 20.0. The summed E-state index contributed by atoms with van der Waals surface area (Å²) in [5, 5.41) is 2.88. The van der Waals surface area contributed by atoms with Gasteiger partial charge in [-0.05, 0) is 50.7 Å². The second-order valence-electron chi connectivity index (χ2n) is 10.5. The van der Waals surface area contributed by atoms with Crippen LogP contribution in [0, 0.1) is 5.95 Å². The molecule has 2 amide bonds. The van der Waals surface area contributed by atoms with E-state index in [9.17, 15) is 18.4 Å². The van der Waals surface area contributed by atoms with Crippen LogP contribution in [0.25, 0.3) is 0 Å². The van der Waals surface area contributed by atoms with Gasteiger partial charge in [0.05, 0.1) is 18.3 Å². The van der Waals surface area contributed by atoms with Gasteiger partial charge in [0, 0.05) is 12.0 Å². The predicted molar refractivity (Wildman–Crippen MR) is 123 cm³/mol. The molecule has 4 rings (SSSR count). The lowest BCUT2D eigenvalue weighted by atomic mass is 9.97. The number of pyridine rings is 1. The number of ether oxygens (including phenoxy) is 1. The Morgan fingerprint density at radius 2 is 1.85 bits per heavy atom. The number of benzene rings is 1. The summed E-state index contributed by atoms with van der Waals surface area (Å²) in [5.41, 5.74) is 0.645. The van der Waals surface area contributed by atoms with Gasteiger partial charge in [-0.3, -0.25) is 9.69 Å². The molecule has 182 valence electrons. The van der Waals surface area contributed by atoms with Crippen molar-refractivity contribution in [3.63, 3.8) is 0 Å². The van der Waals surface area contributed by atoms with Gasteiger partial charge in [-0.2, -0.15) is 4.39 Å². The quantitative estimate of drug-likeness (QED) is 0.635. The number of nitrogens with zero attached hydrogens (tertiary/aromatic N) is 2. The molecule has 0 spiro atoms. The molecule has 1 N–H and O–H groups in total. The first-order chi connectivity index (χ1) is 16.0. The minimum absolute atomic E-state index is 0.133. The molecule has 2 heterocycles. The third kappa shape index (κ3) is 5.21. The number of likely N-dealkylation sites (tertiary alicyclic amines) is 1. The maximum absolute atomic E-state index is 14.9. The Bertz CT molecular complexity index is 1070. The van der Waals surface area contributed by atoms with Crippen molar-refractivity contribution in [3.8, 4) is 0 Å². The molecular formula is C26H31F2N3O3. The van der Waals surface area contributed by atoms with Gasteiger partial charge in [0.25, 0.3) is 0 Å². The van der Waals surface area contributed by atoms with Crippen molar-refractivity contribution in [1.29, 1.82) is 0 Å². The largest absolute Gasteiger partial charge is 0.444 e. The molecular weight excluding hydrogens is 440 g/mol. The van der Waals surface area contributed by atoms with E-state index in [1.165, 1.54) is 0 Å². The van der Waals surface area contributed by atoms with Crippen LogP contribution in [0.5, 0.6) is 0 Å². The van der Waals surface area contributed by atoms with Crippen molar-refractivity contribution < 1.29 is 23.1 Å². The van der Waals surface area contributed by atoms with Gasteiger partial charge in [0.15, 0.2) is 0 Å². The maximum atomic E-state index is 14.9. The number of hydrogen-bond acceptors (Lipinski definition) is 4. The monoisotopic (exact) mass is 471 g/mol. The number of carbonyl (C=O) groups is 2. The van der Waals surface area contributed by atoms with E-state index in [0.717, 1.165) is 17.7 Å². The summed E-state index contributed by atoms with van der Waals surface area (Å²) in [6.07, 6.45) is -0.388. The molecule has 1 aliphatic carbocycles. The van der Waals surface area contributed by atoms with Crippen molar-refractivity contribution >= 4 is 12.0 Å². The van der Waals surface area contributed by atoms with Crippen LogP contribution >= 0.6 is 0 Å². The Morgan fingerprint density at radius 3 is 2.44 bits per heavy atom. The van der Waals surface area contributed by atoms with Crippen molar-refractivity contribution in [1.82, 2.24) is 15.2 Å². The fourth-order valence-corrected chi connectivity index (χ4v) is 4.28. The Morgan fingerprint density at radius 1 is 1.18 bits per heavy atom. The van der Waals surface area contributed by atoms with E-state index in [-0.39, 0.29) is 18.4 Å². The molecule has 1 aromatic carbocycles. The number of aromatic nitrogens is 1. The SMILES string of the molecule is CC(C)(C)OC(=O)N1CC(F)CC1C(=O)NC(c1ccccc1)c1ccc(C2(C)CC2)c(F)n1. The smallest absolute Gasteiger partial charge is 0.411 e. The molecule has 34 heavy (non-hydrogen) atoms. The highest BCUT2D eigenvalue weighted by Gasteiger charge is 2.43. The summed E-state index contributed by atoms with van der Waals surface area (Å²) < 4.78 is 34.6. The Kier molecular flexibility index (Phi) is 6.36. The first kappa shape index (κ1) is 24.1. The predicted octanol–water partition coefficient (Wildman–Crippen LogP) is 4.83. The van der Waals surface area contributed by atoms with Crippen LogP contribution in [0.2, 0.25) is 0 Å². The number of alkyl halides is 1. The standard InChI is InChI=1S/C26H31F2N3O3/c1-25(2,3)34-24(33)31-15-17(27)14-20(31)23(32)30-21(16-8-6-5-7-9-16)19-11-10-18(22(28)29-19)26(4)12-13-26/h5-11,17,20-21H,12-15H2,1-4H3,(H,30,32). The van der Waals surface area contributed by atoms with E-state index in [1.54, 1.807) is 45.0 Å². The van der Waals surface area contributed by atoms with Crippen LogP contribution in [0.15, 0.2) is 42.5 Å². The molecule has 2 aliphatic rings. The minimum atomic E-state index is -1.34. The maximum Gasteiger partial charge on any atom is 0.411 e. The number of rotatable bonds is 5. The highest BCUT2D eigenvalue weighted by molar-refractivity contribution is 5.87. The second kappa shape index (κ2) is 8.96. The molecule has 8 heteroatoms. The van der Waals surface area contributed by atoms with Gasteiger partial charge in [-0.25, -0.2) is 14.2 Å². The highest BCUT2D eigenvalue weighted by atomic mass is 19.1. The number of hydrogen-bond donors (Lipinski definition) is 1. The summed E-state index contributed by atoms with van der Waals surface area (Å²) in [6, 6.07) is 10.7. The number of amides is 2. The number of carbonyl (C=O) groups excluding carboxylic acids is 2. The molecule has 2 fully saturated rings. The summed E-state index contributed by atoms with van der Waals surface area (Å²) in [4.78, 5) is 31.2. The van der Waals surface area contributed by atoms with E-state index in [4.69, 9.17) is 4.74 Å². The lowest BCUT2D eigenvalue weighted by Gasteiger charge is -2.29. The lowest BCUT2D eigenvalue weighted by molar-refractivity contribution is -0.126. The minimum Gasteiger partial charge on any atom is -0.444 e. The normalized spacial score (nSPS) is 22.2. The van der Waals surface area contributed by atoms with E-state index in [2.05, 4.69) is 10.3 Å². The third-order valence-corrected chi connectivity index (χ3v) is 6.42. The van der Waals surface area contributed by atoms with E-state index < -0.39 is 41.8 Å². The van der Waals surface area contributed by atoms with Crippen molar-refractivity contribution in [2.24, 2.45) is 0 Å². The summed E-state index contributed by atoms with van der Waals surface area (Å²) in [7, 11) is 0. The molecule has 3 unspecified atom stereocenters. The van der Waals surface area contributed by atoms with Crippen LogP contribution in [0.4, 0.5) is 13.6 Å². The lowest BCUT2D eigenvalue weighted by Crippen LogP contribution is -2.48. The zero-order chi connectivity index (χ0) is 24.7. The van der Waals surface area contributed by atoms with Gasteiger partial charge >= 0.3 is 6.09 Å². The zero-order valence-electron chi connectivity index (χ0n) is 20.0. The Balaban J connectivity index is 1.60. The van der Waals surface area contributed by atoms with E-state index >= 15 is 0 Å².